The van der Waals surface area contributed by atoms with Crippen LogP contribution in [-0.2, 0) is 4.74 Å². The lowest BCUT2D eigenvalue weighted by molar-refractivity contribution is -0.220. The van der Waals surface area contributed by atoms with Crippen molar-refractivity contribution in [2.24, 2.45) is 0 Å². The van der Waals surface area contributed by atoms with Crippen molar-refractivity contribution in [1.29, 1.82) is 0 Å². The normalized spacial score (nSPS) is 52.6. The van der Waals surface area contributed by atoms with Crippen LogP contribution >= 0.6 is 15.9 Å². The summed E-state index contributed by atoms with van der Waals surface area (Å²) in [6.07, 6.45) is -3.51. The minimum Gasteiger partial charge on any atom is -0.389 e. The van der Waals surface area contributed by atoms with Gasteiger partial charge in [-0.3, -0.25) is 0 Å². The van der Waals surface area contributed by atoms with Gasteiger partial charge in [-0.2, -0.15) is 0 Å². The summed E-state index contributed by atoms with van der Waals surface area (Å²) in [4.78, 5) is -0.617. The van der Waals surface area contributed by atoms with E-state index in [2.05, 4.69) is 15.9 Å². The first-order valence-corrected chi connectivity index (χ1v) is 4.29. The molecule has 66 valence electrons. The molecule has 1 fully saturated rings. The van der Waals surface area contributed by atoms with Crippen LogP contribution < -0.4 is 0 Å². The molecule has 3 N–H and O–H groups in total. The highest BCUT2D eigenvalue weighted by atomic mass is 79.9. The van der Waals surface area contributed by atoms with Crippen molar-refractivity contribution in [2.45, 2.75) is 36.4 Å². The lowest BCUT2D eigenvalue weighted by atomic mass is 10.0. The van der Waals surface area contributed by atoms with Crippen LogP contribution in [0.5, 0.6) is 0 Å². The minimum atomic E-state index is -1.05. The maximum absolute atomic E-state index is 9.25. The molecule has 5 heteroatoms. The van der Waals surface area contributed by atoms with E-state index in [9.17, 15) is 10.2 Å². The predicted molar refractivity (Wildman–Crippen MR) is 41.3 cm³/mol. The molecular formula is C6H11BrO4. The van der Waals surface area contributed by atoms with E-state index in [0.29, 0.717) is 0 Å². The van der Waals surface area contributed by atoms with Gasteiger partial charge in [-0.25, -0.2) is 0 Å². The molecule has 0 radical (unpaired) electrons. The summed E-state index contributed by atoms with van der Waals surface area (Å²) in [5.41, 5.74) is 0. The summed E-state index contributed by atoms with van der Waals surface area (Å²) < 4.78 is 4.88. The Kier molecular flexibility index (Phi) is 2.88. The van der Waals surface area contributed by atoms with Crippen LogP contribution in [0.3, 0.4) is 0 Å². The van der Waals surface area contributed by atoms with Gasteiger partial charge in [0.05, 0.1) is 17.0 Å². The van der Waals surface area contributed by atoms with E-state index in [4.69, 9.17) is 9.84 Å². The maximum atomic E-state index is 9.25. The molecular weight excluding hydrogens is 216 g/mol. The van der Waals surface area contributed by atoms with Crippen LogP contribution in [0.1, 0.15) is 6.92 Å². The Morgan fingerprint density at radius 1 is 1.18 bits per heavy atom. The lowest BCUT2D eigenvalue weighted by Crippen LogP contribution is -2.54. The van der Waals surface area contributed by atoms with Gasteiger partial charge in [0.1, 0.15) is 6.10 Å². The molecule has 1 heterocycles. The Bertz CT molecular complexity index is 129. The monoisotopic (exact) mass is 226 g/mol. The quantitative estimate of drug-likeness (QED) is 0.474. The van der Waals surface area contributed by atoms with Crippen LogP contribution in [0, 0.1) is 0 Å². The molecule has 0 saturated carbocycles. The van der Waals surface area contributed by atoms with E-state index >= 15 is 0 Å². The molecule has 1 aliphatic rings. The largest absolute Gasteiger partial charge is 0.389 e. The molecule has 5 atom stereocenters. The zero-order valence-corrected chi connectivity index (χ0v) is 7.60. The van der Waals surface area contributed by atoms with Crippen molar-refractivity contribution in [1.82, 2.24) is 0 Å². The first kappa shape index (κ1) is 9.41. The Balaban J connectivity index is 2.63. The van der Waals surface area contributed by atoms with E-state index in [1.165, 1.54) is 0 Å². The lowest BCUT2D eigenvalue weighted by Gasteiger charge is -2.36. The molecule has 1 aliphatic heterocycles. The second-order valence-electron chi connectivity index (χ2n) is 2.66. The summed E-state index contributed by atoms with van der Waals surface area (Å²) in [6, 6.07) is 0. The van der Waals surface area contributed by atoms with Gasteiger partial charge in [0.2, 0.25) is 0 Å². The van der Waals surface area contributed by atoms with E-state index in [1.807, 2.05) is 0 Å². The van der Waals surface area contributed by atoms with Gasteiger partial charge in [-0.15, -0.1) is 0 Å². The van der Waals surface area contributed by atoms with Crippen LogP contribution in [-0.4, -0.2) is 44.7 Å². The van der Waals surface area contributed by atoms with Crippen molar-refractivity contribution in [3.05, 3.63) is 0 Å². The summed E-state index contributed by atoms with van der Waals surface area (Å²) in [5, 5.41) is 27.6. The number of halogens is 1. The van der Waals surface area contributed by atoms with Gasteiger partial charge in [-0.1, -0.05) is 15.9 Å². The molecule has 0 aromatic carbocycles. The number of hydrogen-bond donors (Lipinski definition) is 3. The van der Waals surface area contributed by atoms with Gasteiger partial charge in [0.15, 0.2) is 6.29 Å². The number of aliphatic hydroxyl groups is 3. The minimum absolute atomic E-state index is 0.534. The first-order valence-electron chi connectivity index (χ1n) is 3.37. The van der Waals surface area contributed by atoms with Crippen LogP contribution in [0.4, 0.5) is 0 Å². The SMILES string of the molecule is CC1OC(O)[C@@H](Br)C(O)[C@H]1O. The fourth-order valence-corrected chi connectivity index (χ4v) is 1.45. The summed E-state index contributed by atoms with van der Waals surface area (Å²) >= 11 is 3.00. The highest BCUT2D eigenvalue weighted by molar-refractivity contribution is 9.09. The molecule has 0 spiro atoms. The molecule has 1 rings (SSSR count). The Hall–Kier alpha value is 0.320. The third-order valence-electron chi connectivity index (χ3n) is 1.78. The molecule has 0 bridgehead atoms. The standard InChI is InChI=1S/C6H11BrO4/c1-2-4(8)5(9)3(7)6(10)11-2/h2-6,8-10H,1H3/t2?,3-,4-,5?,6?/m0/s1. The molecule has 0 aliphatic carbocycles. The average molecular weight is 227 g/mol. The highest BCUT2D eigenvalue weighted by Crippen LogP contribution is 2.24. The van der Waals surface area contributed by atoms with Crippen molar-refractivity contribution >= 4 is 15.9 Å². The molecule has 0 amide bonds. The summed E-state index contributed by atoms with van der Waals surface area (Å²) in [5.74, 6) is 0. The number of alkyl halides is 1. The molecule has 11 heavy (non-hydrogen) atoms. The molecule has 0 aromatic rings. The average Bonchev–Trinajstić information content (AvgIpc) is 1.97. The van der Waals surface area contributed by atoms with Crippen LogP contribution in [0.2, 0.25) is 0 Å². The first-order chi connectivity index (χ1) is 5.04. The molecule has 4 nitrogen and oxygen atoms in total. The second-order valence-corrected chi connectivity index (χ2v) is 3.71. The fourth-order valence-electron chi connectivity index (χ4n) is 1.01. The van der Waals surface area contributed by atoms with Gasteiger partial charge >= 0.3 is 0 Å². The predicted octanol–water partition coefficient (Wildman–Crippen LogP) is -0.791. The van der Waals surface area contributed by atoms with Crippen molar-refractivity contribution in [3.63, 3.8) is 0 Å². The zero-order chi connectivity index (χ0) is 8.59. The van der Waals surface area contributed by atoms with Gasteiger partial charge in [0, 0.05) is 0 Å². The number of ether oxygens (including phenoxy) is 1. The molecule has 0 aromatic heterocycles. The third kappa shape index (κ3) is 1.73. The van der Waals surface area contributed by atoms with E-state index in [0.717, 1.165) is 0 Å². The summed E-state index contributed by atoms with van der Waals surface area (Å²) in [7, 11) is 0. The zero-order valence-electron chi connectivity index (χ0n) is 6.01. The van der Waals surface area contributed by atoms with E-state index in [1.54, 1.807) is 6.92 Å². The third-order valence-corrected chi connectivity index (χ3v) is 2.78. The number of hydrogen-bond acceptors (Lipinski definition) is 4. The van der Waals surface area contributed by atoms with Crippen LogP contribution in [0.25, 0.3) is 0 Å². The number of rotatable bonds is 0. The topological polar surface area (TPSA) is 69.9 Å². The summed E-state index contributed by atoms with van der Waals surface area (Å²) in [6.45, 7) is 1.59. The Morgan fingerprint density at radius 3 is 2.27 bits per heavy atom. The Morgan fingerprint density at radius 2 is 1.73 bits per heavy atom. The molecule has 1 saturated heterocycles. The smallest absolute Gasteiger partial charge is 0.170 e. The van der Waals surface area contributed by atoms with Gasteiger partial charge in [0.25, 0.3) is 0 Å². The van der Waals surface area contributed by atoms with Crippen molar-refractivity contribution in [3.8, 4) is 0 Å². The van der Waals surface area contributed by atoms with Gasteiger partial charge in [-0.05, 0) is 6.92 Å². The van der Waals surface area contributed by atoms with E-state index < -0.39 is 29.4 Å². The van der Waals surface area contributed by atoms with Crippen molar-refractivity contribution in [2.75, 3.05) is 0 Å². The Labute approximate surface area is 72.9 Å². The fraction of sp³-hybridized carbons (Fsp3) is 1.00. The molecule has 3 unspecified atom stereocenters. The second kappa shape index (κ2) is 3.37. The highest BCUT2D eigenvalue weighted by Gasteiger charge is 2.40. The van der Waals surface area contributed by atoms with Gasteiger partial charge < -0.3 is 20.1 Å². The van der Waals surface area contributed by atoms with E-state index in [-0.39, 0.29) is 0 Å². The maximum Gasteiger partial charge on any atom is 0.170 e. The van der Waals surface area contributed by atoms with Crippen LogP contribution in [0.15, 0.2) is 0 Å². The number of aliphatic hydroxyl groups excluding tert-OH is 3. The van der Waals surface area contributed by atoms with Crippen molar-refractivity contribution < 1.29 is 20.1 Å².